The summed E-state index contributed by atoms with van der Waals surface area (Å²) in [5, 5.41) is 8.11. The van der Waals surface area contributed by atoms with Gasteiger partial charge < -0.3 is 14.4 Å². The molecule has 1 aromatic heterocycles. The molecule has 1 saturated heterocycles. The molecule has 134 valence electrons. The van der Waals surface area contributed by atoms with Crippen molar-refractivity contribution in [2.24, 2.45) is 0 Å². The van der Waals surface area contributed by atoms with E-state index in [-0.39, 0.29) is 12.5 Å². The Hall–Kier alpha value is -2.57. The highest BCUT2D eigenvalue weighted by molar-refractivity contribution is 5.75. The number of nitrogens with zero attached hydrogens (tertiary/aromatic N) is 4. The Bertz CT molecular complexity index is 676. The maximum absolute atomic E-state index is 12.4. The standard InChI is InChI=1S/C18H24N4O3/c1-24-16-6-8-17(9-7-16)25-14-15-12-22(20-19-15)13-18(23)21-10-4-2-3-5-11-21/h6-9,12H,2-5,10-11,13-14H2,1H3. The SMILES string of the molecule is COc1ccc(OCc2cn(CC(=O)N3CCCCCC3)nn2)cc1. The number of hydrogen-bond donors (Lipinski definition) is 0. The van der Waals surface area contributed by atoms with Crippen molar-refractivity contribution in [3.8, 4) is 11.5 Å². The Labute approximate surface area is 147 Å². The normalized spacial score (nSPS) is 14.8. The van der Waals surface area contributed by atoms with Crippen molar-refractivity contribution in [2.75, 3.05) is 20.2 Å². The van der Waals surface area contributed by atoms with Crippen LogP contribution in [-0.4, -0.2) is 46.0 Å². The summed E-state index contributed by atoms with van der Waals surface area (Å²) in [4.78, 5) is 14.3. The summed E-state index contributed by atoms with van der Waals surface area (Å²) in [7, 11) is 1.63. The van der Waals surface area contributed by atoms with Crippen LogP contribution in [-0.2, 0) is 17.9 Å². The molecular weight excluding hydrogens is 320 g/mol. The number of carbonyl (C=O) groups excluding carboxylic acids is 1. The van der Waals surface area contributed by atoms with Gasteiger partial charge in [-0.05, 0) is 37.1 Å². The molecule has 1 aromatic carbocycles. The van der Waals surface area contributed by atoms with E-state index in [4.69, 9.17) is 9.47 Å². The van der Waals surface area contributed by atoms with E-state index >= 15 is 0 Å². The highest BCUT2D eigenvalue weighted by Crippen LogP contribution is 2.17. The summed E-state index contributed by atoms with van der Waals surface area (Å²) in [5.41, 5.74) is 0.694. The molecule has 1 aliphatic rings. The van der Waals surface area contributed by atoms with Crippen LogP contribution >= 0.6 is 0 Å². The molecule has 25 heavy (non-hydrogen) atoms. The summed E-state index contributed by atoms with van der Waals surface area (Å²) in [6, 6.07) is 7.36. The summed E-state index contributed by atoms with van der Waals surface area (Å²) < 4.78 is 12.4. The first kappa shape index (κ1) is 17.3. The highest BCUT2D eigenvalue weighted by atomic mass is 16.5. The fraction of sp³-hybridized carbons (Fsp3) is 0.500. The predicted molar refractivity (Wildman–Crippen MR) is 92.4 cm³/mol. The number of amides is 1. The van der Waals surface area contributed by atoms with Crippen LogP contribution in [0.25, 0.3) is 0 Å². The number of aromatic nitrogens is 3. The molecule has 7 heteroatoms. The van der Waals surface area contributed by atoms with E-state index in [2.05, 4.69) is 10.3 Å². The van der Waals surface area contributed by atoms with Crippen LogP contribution in [0.3, 0.4) is 0 Å². The number of rotatable bonds is 6. The molecule has 2 heterocycles. The van der Waals surface area contributed by atoms with Crippen LogP contribution in [0.4, 0.5) is 0 Å². The number of likely N-dealkylation sites (tertiary alicyclic amines) is 1. The van der Waals surface area contributed by atoms with Crippen molar-refractivity contribution in [1.29, 1.82) is 0 Å². The second-order valence-electron chi connectivity index (χ2n) is 6.17. The minimum atomic E-state index is 0.106. The molecule has 2 aromatic rings. The van der Waals surface area contributed by atoms with Gasteiger partial charge in [0, 0.05) is 13.1 Å². The van der Waals surface area contributed by atoms with Crippen molar-refractivity contribution in [3.63, 3.8) is 0 Å². The Morgan fingerprint density at radius 1 is 1.08 bits per heavy atom. The van der Waals surface area contributed by atoms with Gasteiger partial charge >= 0.3 is 0 Å². The Morgan fingerprint density at radius 2 is 1.76 bits per heavy atom. The highest BCUT2D eigenvalue weighted by Gasteiger charge is 2.16. The maximum Gasteiger partial charge on any atom is 0.244 e. The average molecular weight is 344 g/mol. The molecule has 3 rings (SSSR count). The van der Waals surface area contributed by atoms with E-state index in [1.807, 2.05) is 29.2 Å². The first-order valence-electron chi connectivity index (χ1n) is 8.68. The molecule has 1 fully saturated rings. The molecule has 0 saturated carbocycles. The van der Waals surface area contributed by atoms with Crippen LogP contribution in [0.2, 0.25) is 0 Å². The first-order chi connectivity index (χ1) is 12.2. The fourth-order valence-corrected chi connectivity index (χ4v) is 2.87. The van der Waals surface area contributed by atoms with Crippen molar-refractivity contribution >= 4 is 5.91 Å². The molecule has 0 atom stereocenters. The van der Waals surface area contributed by atoms with Gasteiger partial charge in [-0.15, -0.1) is 5.10 Å². The molecule has 1 aliphatic heterocycles. The third-order valence-corrected chi connectivity index (χ3v) is 4.29. The van der Waals surface area contributed by atoms with Crippen LogP contribution < -0.4 is 9.47 Å². The topological polar surface area (TPSA) is 69.5 Å². The van der Waals surface area contributed by atoms with Crippen LogP contribution in [0, 0.1) is 0 Å². The van der Waals surface area contributed by atoms with E-state index in [1.54, 1.807) is 18.0 Å². The third-order valence-electron chi connectivity index (χ3n) is 4.29. The zero-order chi connectivity index (χ0) is 17.5. The van der Waals surface area contributed by atoms with E-state index in [0.717, 1.165) is 37.4 Å². The lowest BCUT2D eigenvalue weighted by Gasteiger charge is -2.19. The summed E-state index contributed by atoms with van der Waals surface area (Å²) in [5.74, 6) is 1.62. The molecule has 0 N–H and O–H groups in total. The van der Waals surface area contributed by atoms with Crippen molar-refractivity contribution < 1.29 is 14.3 Å². The van der Waals surface area contributed by atoms with Gasteiger partial charge in [0.15, 0.2) is 0 Å². The van der Waals surface area contributed by atoms with Crippen molar-refractivity contribution in [1.82, 2.24) is 19.9 Å². The van der Waals surface area contributed by atoms with Gasteiger partial charge in [-0.2, -0.15) is 0 Å². The summed E-state index contributed by atoms with van der Waals surface area (Å²) in [6.45, 7) is 2.24. The van der Waals surface area contributed by atoms with Crippen molar-refractivity contribution in [3.05, 3.63) is 36.2 Å². The van der Waals surface area contributed by atoms with Crippen LogP contribution in [0.1, 0.15) is 31.4 Å². The number of hydrogen-bond acceptors (Lipinski definition) is 5. The minimum Gasteiger partial charge on any atom is -0.497 e. The van der Waals surface area contributed by atoms with Gasteiger partial charge in [0.1, 0.15) is 30.3 Å². The van der Waals surface area contributed by atoms with E-state index in [9.17, 15) is 4.79 Å². The lowest BCUT2D eigenvalue weighted by molar-refractivity contribution is -0.132. The summed E-state index contributed by atoms with van der Waals surface area (Å²) >= 11 is 0. The Morgan fingerprint density at radius 3 is 2.44 bits per heavy atom. The van der Waals surface area contributed by atoms with E-state index in [0.29, 0.717) is 12.3 Å². The minimum absolute atomic E-state index is 0.106. The van der Waals surface area contributed by atoms with Gasteiger partial charge in [0.05, 0.1) is 13.3 Å². The predicted octanol–water partition coefficient (Wildman–Crippen LogP) is 2.27. The van der Waals surface area contributed by atoms with Gasteiger partial charge in [0.25, 0.3) is 0 Å². The third kappa shape index (κ3) is 4.95. The Balaban J connectivity index is 1.50. The molecule has 0 spiro atoms. The van der Waals surface area contributed by atoms with Gasteiger partial charge in [-0.3, -0.25) is 4.79 Å². The Kier molecular flexibility index (Phi) is 5.87. The largest absolute Gasteiger partial charge is 0.497 e. The lowest BCUT2D eigenvalue weighted by Crippen LogP contribution is -2.34. The molecule has 7 nitrogen and oxygen atoms in total. The van der Waals surface area contributed by atoms with E-state index in [1.165, 1.54) is 12.8 Å². The quantitative estimate of drug-likeness (QED) is 0.804. The molecule has 0 unspecified atom stereocenters. The number of methoxy groups -OCH3 is 1. The second kappa shape index (κ2) is 8.50. The first-order valence-corrected chi connectivity index (χ1v) is 8.68. The number of benzene rings is 1. The lowest BCUT2D eigenvalue weighted by atomic mass is 10.2. The van der Waals surface area contributed by atoms with Crippen LogP contribution in [0.5, 0.6) is 11.5 Å². The zero-order valence-electron chi connectivity index (χ0n) is 14.6. The molecule has 1 amide bonds. The van der Waals surface area contributed by atoms with Gasteiger partial charge in [0.2, 0.25) is 5.91 Å². The summed E-state index contributed by atoms with van der Waals surface area (Å²) in [6.07, 6.45) is 6.35. The molecular formula is C18H24N4O3. The van der Waals surface area contributed by atoms with Gasteiger partial charge in [-0.25, -0.2) is 4.68 Å². The van der Waals surface area contributed by atoms with E-state index < -0.39 is 0 Å². The average Bonchev–Trinajstić information content (AvgIpc) is 2.91. The number of ether oxygens (including phenoxy) is 2. The van der Waals surface area contributed by atoms with Crippen molar-refractivity contribution in [2.45, 2.75) is 38.8 Å². The maximum atomic E-state index is 12.4. The molecule has 0 radical (unpaired) electrons. The second-order valence-corrected chi connectivity index (χ2v) is 6.17. The molecule has 0 aliphatic carbocycles. The zero-order valence-corrected chi connectivity index (χ0v) is 14.6. The monoisotopic (exact) mass is 344 g/mol. The fourth-order valence-electron chi connectivity index (χ4n) is 2.87. The number of carbonyl (C=O) groups is 1. The van der Waals surface area contributed by atoms with Gasteiger partial charge in [-0.1, -0.05) is 18.1 Å². The molecule has 0 bridgehead atoms. The van der Waals surface area contributed by atoms with Crippen LogP contribution in [0.15, 0.2) is 30.5 Å². The smallest absolute Gasteiger partial charge is 0.244 e.